The van der Waals surface area contributed by atoms with Crippen molar-refractivity contribution in [3.8, 4) is 0 Å². The van der Waals surface area contributed by atoms with E-state index in [9.17, 15) is 0 Å². The summed E-state index contributed by atoms with van der Waals surface area (Å²) in [7, 11) is 0. The van der Waals surface area contributed by atoms with Gasteiger partial charge >= 0.3 is 0 Å². The van der Waals surface area contributed by atoms with Gasteiger partial charge in [-0.2, -0.15) is 0 Å². The number of rotatable bonds is 2. The predicted octanol–water partition coefficient (Wildman–Crippen LogP) is 2.78. The van der Waals surface area contributed by atoms with E-state index >= 15 is 0 Å². The van der Waals surface area contributed by atoms with Crippen molar-refractivity contribution >= 4 is 6.21 Å². The third kappa shape index (κ3) is 1.56. The quantitative estimate of drug-likeness (QED) is 0.693. The Bertz CT molecular complexity index is 315. The van der Waals surface area contributed by atoms with Gasteiger partial charge < -0.3 is 0 Å². The van der Waals surface area contributed by atoms with E-state index in [4.69, 9.17) is 4.99 Å². The van der Waals surface area contributed by atoms with Crippen molar-refractivity contribution in [3.05, 3.63) is 24.3 Å². The van der Waals surface area contributed by atoms with E-state index in [0.29, 0.717) is 0 Å². The number of hydrogen-bond donors (Lipinski definition) is 0. The molecule has 2 nitrogen and oxygen atoms in total. The first-order valence-corrected chi connectivity index (χ1v) is 6.57. The molecule has 0 aromatic rings. The molecular weight excluding hydrogens is 196 g/mol. The van der Waals surface area contributed by atoms with Crippen molar-refractivity contribution in [2.45, 2.75) is 37.8 Å². The van der Waals surface area contributed by atoms with Crippen LogP contribution < -0.4 is 0 Å². The Morgan fingerprint density at radius 1 is 1.00 bits per heavy atom. The minimum absolute atomic E-state index is 0.00174. The minimum atomic E-state index is -0.00174. The van der Waals surface area contributed by atoms with Crippen molar-refractivity contribution in [1.82, 2.24) is 4.90 Å². The maximum Gasteiger partial charge on any atom is 0.134 e. The molecule has 2 fully saturated rings. The van der Waals surface area contributed by atoms with Crippen LogP contribution in [0.2, 0.25) is 0 Å². The lowest BCUT2D eigenvalue weighted by atomic mass is 9.74. The molecule has 1 saturated carbocycles. The molecule has 1 aliphatic carbocycles. The van der Waals surface area contributed by atoms with E-state index < -0.39 is 0 Å². The number of aliphatic imine (C=N–C) groups is 1. The second kappa shape index (κ2) is 4.17. The normalized spacial score (nSPS) is 35.2. The predicted molar refractivity (Wildman–Crippen MR) is 67.7 cm³/mol. The van der Waals surface area contributed by atoms with Gasteiger partial charge in [0.25, 0.3) is 0 Å². The van der Waals surface area contributed by atoms with Gasteiger partial charge in [0.1, 0.15) is 5.66 Å². The van der Waals surface area contributed by atoms with E-state index in [1.165, 1.54) is 45.2 Å². The lowest BCUT2D eigenvalue weighted by molar-refractivity contribution is 0.0598. The molecule has 1 saturated heterocycles. The number of allylic oxidation sites excluding steroid dienone is 3. The maximum atomic E-state index is 4.89. The van der Waals surface area contributed by atoms with Crippen LogP contribution in [0.4, 0.5) is 0 Å². The summed E-state index contributed by atoms with van der Waals surface area (Å²) in [6.07, 6.45) is 17.4. The molecule has 3 rings (SSSR count). The Hall–Kier alpha value is -0.890. The highest BCUT2D eigenvalue weighted by Crippen LogP contribution is 2.43. The molecule has 3 aliphatic rings. The van der Waals surface area contributed by atoms with E-state index in [0.717, 1.165) is 5.92 Å². The molecule has 0 bridgehead atoms. The molecule has 0 aromatic heterocycles. The molecule has 0 N–H and O–H groups in total. The Kier molecular flexibility index (Phi) is 2.68. The van der Waals surface area contributed by atoms with Crippen LogP contribution in [0.25, 0.3) is 0 Å². The van der Waals surface area contributed by atoms with Gasteiger partial charge in [-0.05, 0) is 37.8 Å². The van der Waals surface area contributed by atoms with Crippen LogP contribution in [0.15, 0.2) is 29.3 Å². The van der Waals surface area contributed by atoms with Crippen LogP contribution >= 0.6 is 0 Å². The molecule has 16 heavy (non-hydrogen) atoms. The molecule has 1 atom stereocenters. The Morgan fingerprint density at radius 2 is 1.81 bits per heavy atom. The van der Waals surface area contributed by atoms with E-state index in [-0.39, 0.29) is 5.66 Å². The van der Waals surface area contributed by atoms with Gasteiger partial charge in [0.2, 0.25) is 0 Å². The maximum absolute atomic E-state index is 4.89. The molecule has 0 spiro atoms. The van der Waals surface area contributed by atoms with E-state index in [1.807, 2.05) is 12.3 Å². The van der Waals surface area contributed by atoms with Crippen LogP contribution in [0.5, 0.6) is 0 Å². The third-order valence-corrected chi connectivity index (χ3v) is 4.25. The molecule has 0 radical (unpaired) electrons. The van der Waals surface area contributed by atoms with Crippen molar-refractivity contribution in [2.75, 3.05) is 13.1 Å². The SMILES string of the molecule is C1=CC=NC(C2CCC2)(N2CCCC2)C=C1. The highest BCUT2D eigenvalue weighted by Gasteiger charge is 2.44. The summed E-state index contributed by atoms with van der Waals surface area (Å²) >= 11 is 0. The van der Waals surface area contributed by atoms with Gasteiger partial charge in [-0.25, -0.2) is 0 Å². The Balaban J connectivity index is 1.92. The fraction of sp³-hybridized carbons (Fsp3) is 0.643. The zero-order chi connectivity index (χ0) is 10.8. The van der Waals surface area contributed by atoms with Gasteiger partial charge in [-0.15, -0.1) is 0 Å². The van der Waals surface area contributed by atoms with Crippen molar-refractivity contribution < 1.29 is 0 Å². The van der Waals surface area contributed by atoms with E-state index in [1.54, 1.807) is 0 Å². The standard InChI is InChI=1S/C14H20N2/c1-2-9-14(15-10-3-1,13-7-6-8-13)16-11-4-5-12-16/h1-3,9-10,13H,4-8,11-12H2. The van der Waals surface area contributed by atoms with Gasteiger partial charge in [0.05, 0.1) is 0 Å². The zero-order valence-electron chi connectivity index (χ0n) is 9.81. The molecule has 2 aliphatic heterocycles. The number of hydrogen-bond acceptors (Lipinski definition) is 2. The summed E-state index contributed by atoms with van der Waals surface area (Å²) in [5, 5.41) is 0. The molecule has 0 aromatic carbocycles. The second-order valence-electron chi connectivity index (χ2n) is 5.13. The van der Waals surface area contributed by atoms with Gasteiger partial charge in [0.15, 0.2) is 0 Å². The summed E-state index contributed by atoms with van der Waals surface area (Å²) in [4.78, 5) is 7.48. The first-order chi connectivity index (χ1) is 7.92. The van der Waals surface area contributed by atoms with Crippen LogP contribution in [0.3, 0.4) is 0 Å². The largest absolute Gasteiger partial charge is 0.276 e. The topological polar surface area (TPSA) is 15.6 Å². The van der Waals surface area contributed by atoms with Crippen molar-refractivity contribution in [1.29, 1.82) is 0 Å². The van der Waals surface area contributed by atoms with Gasteiger partial charge in [-0.3, -0.25) is 9.89 Å². The summed E-state index contributed by atoms with van der Waals surface area (Å²) in [6.45, 7) is 2.44. The Morgan fingerprint density at radius 3 is 2.50 bits per heavy atom. The minimum Gasteiger partial charge on any atom is -0.276 e. The molecule has 2 heterocycles. The van der Waals surface area contributed by atoms with E-state index in [2.05, 4.69) is 23.1 Å². The fourth-order valence-electron chi connectivity index (χ4n) is 3.11. The summed E-state index contributed by atoms with van der Waals surface area (Å²) in [5.41, 5.74) is -0.00174. The number of nitrogens with zero attached hydrogens (tertiary/aromatic N) is 2. The first-order valence-electron chi connectivity index (χ1n) is 6.57. The fourth-order valence-corrected chi connectivity index (χ4v) is 3.11. The molecule has 86 valence electrons. The molecule has 0 amide bonds. The average molecular weight is 216 g/mol. The number of likely N-dealkylation sites (tertiary alicyclic amines) is 1. The molecular formula is C14H20N2. The van der Waals surface area contributed by atoms with Crippen LogP contribution in [-0.4, -0.2) is 29.9 Å². The van der Waals surface area contributed by atoms with Crippen LogP contribution in [-0.2, 0) is 0 Å². The second-order valence-corrected chi connectivity index (χ2v) is 5.13. The summed E-state index contributed by atoms with van der Waals surface area (Å²) in [6, 6.07) is 0. The summed E-state index contributed by atoms with van der Waals surface area (Å²) in [5.74, 6) is 0.748. The smallest absolute Gasteiger partial charge is 0.134 e. The third-order valence-electron chi connectivity index (χ3n) is 4.25. The Labute approximate surface area is 97.7 Å². The molecule has 1 unspecified atom stereocenters. The van der Waals surface area contributed by atoms with Gasteiger partial charge in [0, 0.05) is 25.2 Å². The molecule has 2 heteroatoms. The zero-order valence-corrected chi connectivity index (χ0v) is 9.81. The summed E-state index contributed by atoms with van der Waals surface area (Å²) < 4.78 is 0. The van der Waals surface area contributed by atoms with Crippen molar-refractivity contribution in [2.24, 2.45) is 10.9 Å². The highest BCUT2D eigenvalue weighted by molar-refractivity contribution is 5.73. The first kappa shape index (κ1) is 10.3. The average Bonchev–Trinajstić information content (AvgIpc) is 2.64. The lowest BCUT2D eigenvalue weighted by Crippen LogP contribution is -2.52. The van der Waals surface area contributed by atoms with Crippen molar-refractivity contribution in [3.63, 3.8) is 0 Å². The lowest BCUT2D eigenvalue weighted by Gasteiger charge is -2.46. The highest BCUT2D eigenvalue weighted by atomic mass is 15.3. The van der Waals surface area contributed by atoms with Gasteiger partial charge in [-0.1, -0.05) is 18.6 Å². The van der Waals surface area contributed by atoms with Crippen LogP contribution in [0, 0.1) is 5.92 Å². The monoisotopic (exact) mass is 216 g/mol. The van der Waals surface area contributed by atoms with Crippen LogP contribution in [0.1, 0.15) is 32.1 Å².